The molecule has 0 unspecified atom stereocenters. The Hall–Kier alpha value is -1.07. The van der Waals surface area contributed by atoms with Crippen LogP contribution < -0.4 is 5.32 Å². The molecule has 1 aliphatic heterocycles. The van der Waals surface area contributed by atoms with Crippen molar-refractivity contribution in [1.29, 1.82) is 0 Å². The van der Waals surface area contributed by atoms with E-state index < -0.39 is 0 Å². The minimum absolute atomic E-state index is 0.0140. The molecule has 1 fully saturated rings. The van der Waals surface area contributed by atoms with E-state index >= 15 is 0 Å². The molecule has 17 heavy (non-hydrogen) atoms. The number of urea groups is 1. The lowest BCUT2D eigenvalue weighted by atomic mass is 10.2. The summed E-state index contributed by atoms with van der Waals surface area (Å²) in [5.74, 6) is 0. The van der Waals surface area contributed by atoms with Crippen molar-refractivity contribution in [1.82, 2.24) is 10.2 Å². The Labute approximate surface area is 106 Å². The van der Waals surface area contributed by atoms with Gasteiger partial charge in [-0.1, -0.05) is 13.0 Å². The summed E-state index contributed by atoms with van der Waals surface area (Å²) < 4.78 is 5.54. The van der Waals surface area contributed by atoms with Crippen LogP contribution in [0.4, 0.5) is 4.79 Å². The van der Waals surface area contributed by atoms with E-state index in [-0.39, 0.29) is 12.1 Å². The lowest BCUT2D eigenvalue weighted by Crippen LogP contribution is -2.49. The molecule has 2 amide bonds. The third-order valence-corrected chi connectivity index (χ3v) is 3.75. The van der Waals surface area contributed by atoms with Crippen molar-refractivity contribution >= 4 is 17.4 Å². The number of nitrogens with one attached hydrogen (secondary N) is 1. The van der Waals surface area contributed by atoms with Crippen molar-refractivity contribution in [2.24, 2.45) is 0 Å². The fourth-order valence-electron chi connectivity index (χ4n) is 1.84. The summed E-state index contributed by atoms with van der Waals surface area (Å²) in [7, 11) is 0. The van der Waals surface area contributed by atoms with Crippen LogP contribution in [-0.4, -0.2) is 36.7 Å². The maximum atomic E-state index is 11.9. The van der Waals surface area contributed by atoms with E-state index in [9.17, 15) is 4.79 Å². The summed E-state index contributed by atoms with van der Waals surface area (Å²) in [5.41, 5.74) is 0. The number of carbonyl (C=O) groups is 1. The van der Waals surface area contributed by atoms with E-state index in [4.69, 9.17) is 4.74 Å². The summed E-state index contributed by atoms with van der Waals surface area (Å²) in [5, 5.41) is 4.96. The van der Waals surface area contributed by atoms with Crippen molar-refractivity contribution in [3.8, 4) is 0 Å². The summed E-state index contributed by atoms with van der Waals surface area (Å²) in [6.45, 7) is 4.73. The molecule has 2 heterocycles. The number of thiophene rings is 1. The van der Waals surface area contributed by atoms with Crippen molar-refractivity contribution in [3.05, 3.63) is 22.4 Å². The first-order valence-electron chi connectivity index (χ1n) is 5.96. The van der Waals surface area contributed by atoms with E-state index in [1.54, 1.807) is 11.3 Å². The number of hydrogen-bond donors (Lipinski definition) is 1. The first kappa shape index (κ1) is 12.4. The molecule has 0 radical (unpaired) electrons. The molecule has 1 saturated heterocycles. The van der Waals surface area contributed by atoms with Crippen LogP contribution in [0.15, 0.2) is 17.5 Å². The third-order valence-electron chi connectivity index (χ3n) is 2.88. The van der Waals surface area contributed by atoms with E-state index in [1.807, 2.05) is 22.4 Å². The van der Waals surface area contributed by atoms with Crippen LogP contribution >= 0.6 is 11.3 Å². The third kappa shape index (κ3) is 3.44. The number of carbonyl (C=O) groups excluding carboxylic acids is 1. The highest BCUT2D eigenvalue weighted by Gasteiger charge is 2.22. The van der Waals surface area contributed by atoms with Gasteiger partial charge in [0.2, 0.25) is 0 Å². The molecular weight excluding hydrogens is 236 g/mol. The number of hydrogen-bond acceptors (Lipinski definition) is 3. The van der Waals surface area contributed by atoms with Crippen LogP contribution in [0.25, 0.3) is 0 Å². The highest BCUT2D eigenvalue weighted by atomic mass is 32.1. The van der Waals surface area contributed by atoms with Crippen molar-refractivity contribution in [3.63, 3.8) is 0 Å². The quantitative estimate of drug-likeness (QED) is 0.897. The van der Waals surface area contributed by atoms with Gasteiger partial charge in [0.25, 0.3) is 0 Å². The van der Waals surface area contributed by atoms with Gasteiger partial charge in [-0.05, 0) is 17.9 Å². The Bertz CT molecular complexity index is 353. The lowest BCUT2D eigenvalue weighted by molar-refractivity contribution is -0.0154. The van der Waals surface area contributed by atoms with Crippen LogP contribution in [0.3, 0.4) is 0 Å². The molecule has 4 nitrogen and oxygen atoms in total. The Morgan fingerprint density at radius 2 is 2.59 bits per heavy atom. The number of nitrogens with zero attached hydrogens (tertiary/aromatic N) is 1. The highest BCUT2D eigenvalue weighted by Crippen LogP contribution is 2.10. The Balaban J connectivity index is 1.79. The molecule has 1 aliphatic rings. The van der Waals surface area contributed by atoms with Crippen molar-refractivity contribution < 1.29 is 9.53 Å². The minimum Gasteiger partial charge on any atom is -0.375 e. The van der Waals surface area contributed by atoms with Crippen LogP contribution in [0.5, 0.6) is 0 Å². The normalized spacial score (nSPS) is 20.3. The second-order valence-corrected chi connectivity index (χ2v) is 5.12. The Morgan fingerprint density at radius 1 is 1.71 bits per heavy atom. The number of rotatable bonds is 3. The molecule has 94 valence electrons. The molecule has 5 heteroatoms. The maximum absolute atomic E-state index is 11.9. The molecule has 2 rings (SSSR count). The topological polar surface area (TPSA) is 41.6 Å². The van der Waals surface area contributed by atoms with Gasteiger partial charge < -0.3 is 15.0 Å². The predicted molar refractivity (Wildman–Crippen MR) is 68.2 cm³/mol. The first-order valence-corrected chi connectivity index (χ1v) is 6.84. The predicted octanol–water partition coefficient (Wildman–Crippen LogP) is 2.07. The standard InChI is InChI=1S/C12H18N2O2S/c1-2-10-9-14(5-6-16-10)12(15)13-8-11-4-3-7-17-11/h3-4,7,10H,2,5-6,8-9H2,1H3,(H,13,15)/t10-/m0/s1. The van der Waals surface area contributed by atoms with Crippen LogP contribution in [0.2, 0.25) is 0 Å². The molecule has 0 aromatic carbocycles. The first-order chi connectivity index (χ1) is 8.29. The van der Waals surface area contributed by atoms with E-state index in [0.29, 0.717) is 26.2 Å². The van der Waals surface area contributed by atoms with Crippen LogP contribution in [-0.2, 0) is 11.3 Å². The van der Waals surface area contributed by atoms with Crippen molar-refractivity contribution in [2.45, 2.75) is 26.0 Å². The van der Waals surface area contributed by atoms with Crippen molar-refractivity contribution in [2.75, 3.05) is 19.7 Å². The van der Waals surface area contributed by atoms with Gasteiger partial charge in [0, 0.05) is 18.0 Å². The monoisotopic (exact) mass is 254 g/mol. The number of amides is 2. The molecule has 1 aromatic rings. The second-order valence-electron chi connectivity index (χ2n) is 4.09. The fourth-order valence-corrected chi connectivity index (χ4v) is 2.48. The molecule has 1 aromatic heterocycles. The van der Waals surface area contributed by atoms with Gasteiger partial charge in [-0.25, -0.2) is 4.79 Å². The summed E-state index contributed by atoms with van der Waals surface area (Å²) >= 11 is 1.66. The fraction of sp³-hybridized carbons (Fsp3) is 0.583. The zero-order valence-corrected chi connectivity index (χ0v) is 10.8. The number of ether oxygens (including phenoxy) is 1. The second kappa shape index (κ2) is 6.02. The zero-order chi connectivity index (χ0) is 12.1. The largest absolute Gasteiger partial charge is 0.375 e. The Kier molecular flexibility index (Phi) is 4.39. The summed E-state index contributed by atoms with van der Waals surface area (Å²) in [4.78, 5) is 14.9. The van der Waals surface area contributed by atoms with Crippen LogP contribution in [0.1, 0.15) is 18.2 Å². The minimum atomic E-state index is 0.0140. The lowest BCUT2D eigenvalue weighted by Gasteiger charge is -2.32. The van der Waals surface area contributed by atoms with Gasteiger partial charge in [-0.2, -0.15) is 0 Å². The smallest absolute Gasteiger partial charge is 0.317 e. The van der Waals surface area contributed by atoms with Gasteiger partial charge in [-0.3, -0.25) is 0 Å². The molecule has 1 atom stereocenters. The van der Waals surface area contributed by atoms with Crippen LogP contribution in [0, 0.1) is 0 Å². The highest BCUT2D eigenvalue weighted by molar-refractivity contribution is 7.09. The van der Waals surface area contributed by atoms with Gasteiger partial charge in [-0.15, -0.1) is 11.3 Å². The SMILES string of the molecule is CC[C@H]1CN(C(=O)NCc2cccs2)CCO1. The number of morpholine rings is 1. The average Bonchev–Trinajstić information content (AvgIpc) is 2.89. The van der Waals surface area contributed by atoms with E-state index in [2.05, 4.69) is 12.2 Å². The van der Waals surface area contributed by atoms with Gasteiger partial charge in [0.1, 0.15) is 0 Å². The van der Waals surface area contributed by atoms with Gasteiger partial charge in [0.15, 0.2) is 0 Å². The molecule has 1 N–H and O–H groups in total. The maximum Gasteiger partial charge on any atom is 0.317 e. The van der Waals surface area contributed by atoms with Gasteiger partial charge in [0.05, 0.1) is 19.3 Å². The molecule has 0 aliphatic carbocycles. The summed E-state index contributed by atoms with van der Waals surface area (Å²) in [6.07, 6.45) is 1.14. The van der Waals surface area contributed by atoms with Gasteiger partial charge >= 0.3 is 6.03 Å². The van der Waals surface area contributed by atoms with E-state index in [1.165, 1.54) is 4.88 Å². The summed E-state index contributed by atoms with van der Waals surface area (Å²) in [6, 6.07) is 4.03. The Morgan fingerprint density at radius 3 is 3.29 bits per heavy atom. The molecule has 0 bridgehead atoms. The molecule has 0 spiro atoms. The zero-order valence-electron chi connectivity index (χ0n) is 10.0. The molecule has 0 saturated carbocycles. The average molecular weight is 254 g/mol. The van der Waals surface area contributed by atoms with E-state index in [0.717, 1.165) is 6.42 Å². The molecular formula is C12H18N2O2S.